The molecule has 7 heteroatoms. The van der Waals surface area contributed by atoms with Gasteiger partial charge in [0.25, 0.3) is 0 Å². The number of amides is 2. The molecule has 11 unspecified atom stereocenters. The first-order chi connectivity index (χ1) is 13.5. The summed E-state index contributed by atoms with van der Waals surface area (Å²) in [6, 6.07) is 0.220. The third kappa shape index (κ3) is 2.30. The lowest BCUT2D eigenvalue weighted by atomic mass is 9.62. The largest absolute Gasteiger partial charge is 0.393 e. The van der Waals surface area contributed by atoms with Crippen molar-refractivity contribution >= 4 is 11.8 Å². The number of carbonyl (C=O) groups is 2. The van der Waals surface area contributed by atoms with Crippen LogP contribution < -0.4 is 5.32 Å². The lowest BCUT2D eigenvalue weighted by molar-refractivity contribution is -0.265. The van der Waals surface area contributed by atoms with Crippen LogP contribution in [-0.4, -0.2) is 71.5 Å². The van der Waals surface area contributed by atoms with Gasteiger partial charge in [-0.25, -0.2) is 0 Å². The maximum Gasteiger partial charge on any atom is 0.235 e. The van der Waals surface area contributed by atoms with Gasteiger partial charge in [0, 0.05) is 19.1 Å². The van der Waals surface area contributed by atoms with Crippen LogP contribution in [0.4, 0.5) is 0 Å². The monoisotopic (exact) mass is 390 g/mol. The number of nitrogens with zero attached hydrogens (tertiary/aromatic N) is 1. The van der Waals surface area contributed by atoms with E-state index in [0.717, 1.165) is 44.9 Å². The van der Waals surface area contributed by atoms with E-state index < -0.39 is 5.92 Å². The number of carbonyl (C=O) groups excluding carboxylic acids is 2. The number of imide groups is 1. The van der Waals surface area contributed by atoms with Gasteiger partial charge in [0.05, 0.1) is 36.3 Å². The average Bonchev–Trinajstić information content (AvgIpc) is 3.17. The molecule has 11 atom stereocenters. The van der Waals surface area contributed by atoms with Crippen LogP contribution >= 0.6 is 0 Å². The summed E-state index contributed by atoms with van der Waals surface area (Å²) in [6.45, 7) is 0. The highest BCUT2D eigenvalue weighted by atomic mass is 16.6. The van der Waals surface area contributed by atoms with E-state index in [1.165, 1.54) is 4.90 Å². The smallest absolute Gasteiger partial charge is 0.235 e. The van der Waals surface area contributed by atoms with Crippen LogP contribution in [0.2, 0.25) is 0 Å². The van der Waals surface area contributed by atoms with E-state index in [-0.39, 0.29) is 66.3 Å². The number of hydrogen-bond acceptors (Lipinski definition) is 6. The van der Waals surface area contributed by atoms with Gasteiger partial charge in [-0.3, -0.25) is 14.5 Å². The molecule has 3 saturated carbocycles. The number of rotatable bonds is 0. The van der Waals surface area contributed by atoms with E-state index in [0.29, 0.717) is 5.92 Å². The summed E-state index contributed by atoms with van der Waals surface area (Å²) in [5.41, 5.74) is 0. The Balaban J connectivity index is 1.40. The third-order valence-corrected chi connectivity index (χ3v) is 8.56. The van der Waals surface area contributed by atoms with Gasteiger partial charge in [0.1, 0.15) is 6.10 Å². The Morgan fingerprint density at radius 2 is 1.64 bits per heavy atom. The summed E-state index contributed by atoms with van der Waals surface area (Å²) in [7, 11) is 1.62. The van der Waals surface area contributed by atoms with E-state index in [2.05, 4.69) is 5.32 Å². The molecule has 2 N–H and O–H groups in total. The minimum atomic E-state index is -0.418. The van der Waals surface area contributed by atoms with Crippen molar-refractivity contribution in [3.8, 4) is 0 Å². The number of fused-ring (bicyclic) bond motifs is 9. The highest BCUT2D eigenvalue weighted by Crippen LogP contribution is 2.54. The van der Waals surface area contributed by atoms with Crippen LogP contribution in [0.25, 0.3) is 0 Å². The normalized spacial score (nSPS) is 55.2. The summed E-state index contributed by atoms with van der Waals surface area (Å²) in [6.07, 6.45) is 6.02. The van der Waals surface area contributed by atoms with Crippen molar-refractivity contribution in [3.63, 3.8) is 0 Å². The van der Waals surface area contributed by atoms with Crippen LogP contribution in [0.15, 0.2) is 0 Å². The van der Waals surface area contributed by atoms with E-state index in [1.54, 1.807) is 7.05 Å². The molecule has 6 rings (SSSR count). The standard InChI is InChI=1S/C21H30N2O5/c1-23-20(25)15-14-10-7-6-9(24)8-11(10)22-17(14)19-18(16(15)21(23)26)27-12-4-2-3-5-13(12)28-19/h9-19,22,24H,2-8H2,1H3. The first-order valence-corrected chi connectivity index (χ1v) is 11.1. The summed E-state index contributed by atoms with van der Waals surface area (Å²) in [4.78, 5) is 27.5. The van der Waals surface area contributed by atoms with Crippen molar-refractivity contribution in [2.75, 3.05) is 7.05 Å². The Labute approximate surface area is 165 Å². The van der Waals surface area contributed by atoms with Crippen molar-refractivity contribution in [1.29, 1.82) is 0 Å². The Kier molecular flexibility index (Phi) is 3.97. The van der Waals surface area contributed by atoms with Gasteiger partial charge < -0.3 is 19.9 Å². The van der Waals surface area contributed by atoms with E-state index in [1.807, 2.05) is 0 Å². The SMILES string of the molecule is CN1C(=O)C2C3OC4CCCCC4OC3C3NC4CC(O)CCC4C3C2C1=O. The number of hydrogen-bond donors (Lipinski definition) is 2. The predicted molar refractivity (Wildman–Crippen MR) is 98.1 cm³/mol. The summed E-state index contributed by atoms with van der Waals surface area (Å²) in [5.74, 6) is -0.470. The molecule has 6 aliphatic rings. The Morgan fingerprint density at radius 1 is 0.964 bits per heavy atom. The maximum atomic E-state index is 13.1. The van der Waals surface area contributed by atoms with Gasteiger partial charge in [0.15, 0.2) is 0 Å². The Morgan fingerprint density at radius 3 is 2.39 bits per heavy atom. The van der Waals surface area contributed by atoms with Crippen molar-refractivity contribution in [1.82, 2.24) is 10.2 Å². The lowest BCUT2D eigenvalue weighted by Gasteiger charge is -2.52. The Hall–Kier alpha value is -1.02. The first-order valence-electron chi connectivity index (χ1n) is 11.1. The molecule has 0 bridgehead atoms. The second kappa shape index (κ2) is 6.24. The zero-order chi connectivity index (χ0) is 19.2. The molecule has 0 aromatic rings. The lowest BCUT2D eigenvalue weighted by Crippen LogP contribution is -2.66. The predicted octanol–water partition coefficient (Wildman–Crippen LogP) is 0.444. The molecule has 7 nitrogen and oxygen atoms in total. The highest BCUT2D eigenvalue weighted by Gasteiger charge is 2.68. The molecular formula is C21H30N2O5. The van der Waals surface area contributed by atoms with E-state index in [4.69, 9.17) is 9.47 Å². The number of aliphatic hydroxyl groups excluding tert-OH is 1. The molecule has 0 radical (unpaired) electrons. The molecule has 0 aromatic carbocycles. The molecule has 3 aliphatic carbocycles. The van der Waals surface area contributed by atoms with Crippen LogP contribution in [-0.2, 0) is 19.1 Å². The molecule has 28 heavy (non-hydrogen) atoms. The highest BCUT2D eigenvalue weighted by molar-refractivity contribution is 6.05. The molecule has 0 aromatic heterocycles. The molecule has 154 valence electrons. The van der Waals surface area contributed by atoms with E-state index >= 15 is 0 Å². The fraction of sp³-hybridized carbons (Fsp3) is 0.905. The number of nitrogens with one attached hydrogen (secondary N) is 1. The second-order valence-electron chi connectivity index (χ2n) is 9.86. The minimum Gasteiger partial charge on any atom is -0.393 e. The van der Waals surface area contributed by atoms with Gasteiger partial charge in [-0.1, -0.05) is 12.8 Å². The summed E-state index contributed by atoms with van der Waals surface area (Å²) >= 11 is 0. The van der Waals surface area contributed by atoms with E-state index in [9.17, 15) is 14.7 Å². The van der Waals surface area contributed by atoms with Crippen LogP contribution in [0, 0.1) is 23.7 Å². The van der Waals surface area contributed by atoms with Crippen LogP contribution in [0.3, 0.4) is 0 Å². The fourth-order valence-electron chi connectivity index (χ4n) is 7.37. The molecule has 6 fully saturated rings. The summed E-state index contributed by atoms with van der Waals surface area (Å²) < 4.78 is 13.2. The van der Waals surface area contributed by atoms with Crippen molar-refractivity contribution < 1.29 is 24.2 Å². The molecular weight excluding hydrogens is 360 g/mol. The number of ether oxygens (including phenoxy) is 2. The number of aliphatic hydroxyl groups is 1. The first kappa shape index (κ1) is 17.8. The minimum absolute atomic E-state index is 0.0256. The van der Waals surface area contributed by atoms with Gasteiger partial charge in [-0.15, -0.1) is 0 Å². The molecule has 3 heterocycles. The second-order valence-corrected chi connectivity index (χ2v) is 9.86. The Bertz CT molecular complexity index is 700. The zero-order valence-corrected chi connectivity index (χ0v) is 16.3. The van der Waals surface area contributed by atoms with Gasteiger partial charge in [0.2, 0.25) is 11.8 Å². The maximum absolute atomic E-state index is 13.1. The quantitative estimate of drug-likeness (QED) is 0.584. The van der Waals surface area contributed by atoms with Gasteiger partial charge in [-0.05, 0) is 43.9 Å². The third-order valence-electron chi connectivity index (χ3n) is 8.56. The summed E-state index contributed by atoms with van der Waals surface area (Å²) in [5, 5.41) is 13.9. The molecule has 3 saturated heterocycles. The molecule has 2 amide bonds. The van der Waals surface area contributed by atoms with Gasteiger partial charge >= 0.3 is 0 Å². The van der Waals surface area contributed by atoms with Crippen LogP contribution in [0.5, 0.6) is 0 Å². The van der Waals surface area contributed by atoms with Gasteiger partial charge in [-0.2, -0.15) is 0 Å². The molecule has 0 spiro atoms. The molecule has 3 aliphatic heterocycles. The fourth-order valence-corrected chi connectivity index (χ4v) is 7.37. The average molecular weight is 390 g/mol. The van der Waals surface area contributed by atoms with Crippen molar-refractivity contribution in [2.24, 2.45) is 23.7 Å². The van der Waals surface area contributed by atoms with Crippen molar-refractivity contribution in [2.45, 2.75) is 87.5 Å². The zero-order valence-electron chi connectivity index (χ0n) is 16.3. The van der Waals surface area contributed by atoms with Crippen molar-refractivity contribution in [3.05, 3.63) is 0 Å². The number of likely N-dealkylation sites (tertiary alicyclic amines) is 1. The van der Waals surface area contributed by atoms with Crippen LogP contribution in [0.1, 0.15) is 44.9 Å². The topological polar surface area (TPSA) is 88.1 Å².